The molecule has 142 valence electrons. The van der Waals surface area contributed by atoms with Gasteiger partial charge in [0.2, 0.25) is 5.75 Å². The lowest BCUT2D eigenvalue weighted by atomic mass is 9.95. The Hall–Kier alpha value is -2.53. The molecule has 2 aliphatic rings. The van der Waals surface area contributed by atoms with Crippen LogP contribution in [0.3, 0.4) is 0 Å². The monoisotopic (exact) mass is 367 g/mol. The second-order valence-corrected chi connectivity index (χ2v) is 7.43. The van der Waals surface area contributed by atoms with E-state index in [1.165, 1.54) is 0 Å². The van der Waals surface area contributed by atoms with Crippen LogP contribution in [0.25, 0.3) is 11.1 Å². The molecule has 5 nitrogen and oxygen atoms in total. The lowest BCUT2D eigenvalue weighted by molar-refractivity contribution is 0.0994. The summed E-state index contributed by atoms with van der Waals surface area (Å²) in [6, 6.07) is 9.74. The largest absolute Gasteiger partial charge is 0.493 e. The van der Waals surface area contributed by atoms with Crippen molar-refractivity contribution >= 4 is 5.78 Å². The molecule has 0 bridgehead atoms. The van der Waals surface area contributed by atoms with Crippen molar-refractivity contribution in [2.75, 3.05) is 27.4 Å². The van der Waals surface area contributed by atoms with Crippen molar-refractivity contribution in [3.05, 3.63) is 41.5 Å². The van der Waals surface area contributed by atoms with Gasteiger partial charge in [-0.15, -0.1) is 0 Å². The maximum absolute atomic E-state index is 12.2. The zero-order chi connectivity index (χ0) is 19.0. The van der Waals surface area contributed by atoms with Crippen molar-refractivity contribution in [3.8, 4) is 28.4 Å². The average molecular weight is 367 g/mol. The number of fused-ring (bicyclic) bond motifs is 1. The first kappa shape index (κ1) is 17.9. The summed E-state index contributed by atoms with van der Waals surface area (Å²) in [5.41, 5.74) is 9.83. The van der Waals surface area contributed by atoms with Crippen molar-refractivity contribution in [2.45, 2.75) is 25.7 Å². The first-order valence-corrected chi connectivity index (χ1v) is 9.36. The van der Waals surface area contributed by atoms with E-state index in [1.807, 2.05) is 30.3 Å². The molecule has 1 saturated carbocycles. The number of nitrogens with two attached hydrogens (primary N) is 1. The molecule has 2 aromatic carbocycles. The van der Waals surface area contributed by atoms with Crippen molar-refractivity contribution in [3.63, 3.8) is 0 Å². The first-order chi connectivity index (χ1) is 13.1. The molecule has 5 heteroatoms. The van der Waals surface area contributed by atoms with E-state index in [9.17, 15) is 4.79 Å². The van der Waals surface area contributed by atoms with Crippen LogP contribution in [0.2, 0.25) is 0 Å². The fourth-order valence-corrected chi connectivity index (χ4v) is 3.81. The number of methoxy groups -OCH3 is 2. The highest BCUT2D eigenvalue weighted by molar-refractivity contribution is 6.02. The number of hydrogen-bond donors (Lipinski definition) is 1. The second-order valence-electron chi connectivity index (χ2n) is 7.43. The Morgan fingerprint density at radius 1 is 0.963 bits per heavy atom. The maximum atomic E-state index is 12.2. The lowest BCUT2D eigenvalue weighted by Gasteiger charge is -2.21. The highest BCUT2D eigenvalue weighted by Gasteiger charge is 2.42. The standard InChI is InChI=1S/C22H25NO4/c1-25-19-9-7-17(14-4-3-5-16-15(14)6-8-18(16)24)20(21(19)26-2)27-13-22(12-23)10-11-22/h3-5,7,9H,6,8,10-13,23H2,1-2H3. The van der Waals surface area contributed by atoms with Crippen molar-refractivity contribution in [1.82, 2.24) is 0 Å². The predicted octanol–water partition coefficient (Wildman–Crippen LogP) is 3.62. The van der Waals surface area contributed by atoms with Gasteiger partial charge in [-0.3, -0.25) is 4.79 Å². The molecule has 4 rings (SSSR count). The van der Waals surface area contributed by atoms with Crippen LogP contribution in [0.5, 0.6) is 17.2 Å². The Kier molecular flexibility index (Phi) is 4.56. The van der Waals surface area contributed by atoms with Crippen LogP contribution in [-0.4, -0.2) is 33.2 Å². The number of benzene rings is 2. The zero-order valence-electron chi connectivity index (χ0n) is 15.8. The van der Waals surface area contributed by atoms with E-state index in [2.05, 4.69) is 0 Å². The molecule has 0 aliphatic heterocycles. The number of ketones is 1. The molecule has 0 amide bonds. The minimum Gasteiger partial charge on any atom is -0.493 e. The summed E-state index contributed by atoms with van der Waals surface area (Å²) in [6.07, 6.45) is 3.48. The third-order valence-electron chi connectivity index (χ3n) is 5.78. The van der Waals surface area contributed by atoms with Gasteiger partial charge >= 0.3 is 0 Å². The highest BCUT2D eigenvalue weighted by Crippen LogP contribution is 2.49. The highest BCUT2D eigenvalue weighted by atomic mass is 16.5. The summed E-state index contributed by atoms with van der Waals surface area (Å²) in [5.74, 6) is 2.06. The molecule has 0 saturated heterocycles. The van der Waals surface area contributed by atoms with E-state index >= 15 is 0 Å². The molecular formula is C22H25NO4. The average Bonchev–Trinajstić information content (AvgIpc) is 3.40. The minimum absolute atomic E-state index is 0.0694. The van der Waals surface area contributed by atoms with Gasteiger partial charge in [-0.1, -0.05) is 18.2 Å². The molecule has 0 heterocycles. The van der Waals surface area contributed by atoms with Crippen molar-refractivity contribution < 1.29 is 19.0 Å². The summed E-state index contributed by atoms with van der Waals surface area (Å²) in [4.78, 5) is 12.2. The number of carbonyl (C=O) groups is 1. The molecule has 0 atom stereocenters. The fraction of sp³-hybridized carbons (Fsp3) is 0.409. The molecule has 0 spiro atoms. The van der Waals surface area contributed by atoms with Crippen molar-refractivity contribution in [1.29, 1.82) is 0 Å². The van der Waals surface area contributed by atoms with Crippen LogP contribution in [0, 0.1) is 5.41 Å². The third kappa shape index (κ3) is 3.06. The van der Waals surface area contributed by atoms with Crippen LogP contribution in [0.4, 0.5) is 0 Å². The molecular weight excluding hydrogens is 342 g/mol. The topological polar surface area (TPSA) is 70.8 Å². The maximum Gasteiger partial charge on any atom is 0.203 e. The van der Waals surface area contributed by atoms with Crippen molar-refractivity contribution in [2.24, 2.45) is 11.1 Å². The van der Waals surface area contributed by atoms with E-state index in [0.717, 1.165) is 41.5 Å². The van der Waals surface area contributed by atoms with E-state index < -0.39 is 0 Å². The second kappa shape index (κ2) is 6.89. The number of ether oxygens (including phenoxy) is 3. The van der Waals surface area contributed by atoms with Crippen LogP contribution in [-0.2, 0) is 6.42 Å². The fourth-order valence-electron chi connectivity index (χ4n) is 3.81. The van der Waals surface area contributed by atoms with Gasteiger partial charge < -0.3 is 19.9 Å². The molecule has 27 heavy (non-hydrogen) atoms. The van der Waals surface area contributed by atoms with E-state index in [-0.39, 0.29) is 11.2 Å². The van der Waals surface area contributed by atoms with Crippen LogP contribution >= 0.6 is 0 Å². The number of rotatable bonds is 7. The summed E-state index contributed by atoms with van der Waals surface area (Å²) >= 11 is 0. The number of hydrogen-bond acceptors (Lipinski definition) is 5. The van der Waals surface area contributed by atoms with Gasteiger partial charge in [-0.05, 0) is 42.5 Å². The third-order valence-corrected chi connectivity index (χ3v) is 5.78. The Balaban J connectivity index is 1.82. The normalized spacial score (nSPS) is 16.8. The Morgan fingerprint density at radius 2 is 1.74 bits per heavy atom. The minimum atomic E-state index is 0.0694. The smallest absolute Gasteiger partial charge is 0.203 e. The first-order valence-electron chi connectivity index (χ1n) is 9.36. The number of Topliss-reactive ketones (excluding diaryl/α,β-unsaturated/α-hetero) is 1. The van der Waals surface area contributed by atoms with E-state index in [4.69, 9.17) is 19.9 Å². The van der Waals surface area contributed by atoms with E-state index in [0.29, 0.717) is 36.8 Å². The SMILES string of the molecule is COc1ccc(-c2cccc3c2CCC3=O)c(OCC2(CN)CC2)c1OC. The molecule has 2 N–H and O–H groups in total. The number of carbonyl (C=O) groups excluding carboxylic acids is 1. The quantitative estimate of drug-likeness (QED) is 0.809. The van der Waals surface area contributed by atoms with Gasteiger partial charge in [-0.25, -0.2) is 0 Å². The molecule has 0 radical (unpaired) electrons. The summed E-state index contributed by atoms with van der Waals surface area (Å²) in [5, 5.41) is 0. The van der Waals surface area contributed by atoms with Crippen LogP contribution in [0.15, 0.2) is 30.3 Å². The summed E-state index contributed by atoms with van der Waals surface area (Å²) in [6.45, 7) is 1.16. The predicted molar refractivity (Wildman–Crippen MR) is 104 cm³/mol. The molecule has 0 aromatic heterocycles. The Morgan fingerprint density at radius 3 is 2.41 bits per heavy atom. The van der Waals surface area contributed by atoms with Gasteiger partial charge in [0.1, 0.15) is 0 Å². The van der Waals surface area contributed by atoms with Crippen LogP contribution < -0.4 is 19.9 Å². The molecule has 2 aromatic rings. The Labute approximate surface area is 159 Å². The Bertz CT molecular complexity index is 886. The molecule has 0 unspecified atom stereocenters. The molecule has 1 fully saturated rings. The zero-order valence-corrected chi connectivity index (χ0v) is 15.8. The van der Waals surface area contributed by atoms with Gasteiger partial charge in [0, 0.05) is 29.5 Å². The summed E-state index contributed by atoms with van der Waals surface area (Å²) < 4.78 is 17.4. The van der Waals surface area contributed by atoms with Gasteiger partial charge in [0.15, 0.2) is 17.3 Å². The van der Waals surface area contributed by atoms with Gasteiger partial charge in [0.25, 0.3) is 0 Å². The van der Waals surface area contributed by atoms with Gasteiger partial charge in [0.05, 0.1) is 20.8 Å². The lowest BCUT2D eigenvalue weighted by Crippen LogP contribution is -2.23. The van der Waals surface area contributed by atoms with Crippen LogP contribution in [0.1, 0.15) is 35.2 Å². The van der Waals surface area contributed by atoms with Gasteiger partial charge in [-0.2, -0.15) is 0 Å². The van der Waals surface area contributed by atoms with E-state index in [1.54, 1.807) is 14.2 Å². The molecule has 2 aliphatic carbocycles. The summed E-state index contributed by atoms with van der Waals surface area (Å²) in [7, 11) is 3.23.